The molecule has 0 aliphatic heterocycles. The third-order valence-electron chi connectivity index (χ3n) is 7.08. The minimum atomic E-state index is -3.40. The Morgan fingerprint density at radius 1 is 1.07 bits per heavy atom. The van der Waals surface area contributed by atoms with Gasteiger partial charge in [-0.15, -0.1) is 0 Å². The normalized spacial score (nSPS) is 13.1. The van der Waals surface area contributed by atoms with Gasteiger partial charge >= 0.3 is 0 Å². The summed E-state index contributed by atoms with van der Waals surface area (Å²) in [5.74, 6) is -1.02. The summed E-state index contributed by atoms with van der Waals surface area (Å²) in [6.07, 6.45) is 5.48. The van der Waals surface area contributed by atoms with Crippen molar-refractivity contribution in [2.45, 2.75) is 58.2 Å². The number of ketones is 1. The van der Waals surface area contributed by atoms with E-state index in [2.05, 4.69) is 11.6 Å². The molecule has 1 heterocycles. The number of ether oxygens (including phenoxy) is 1. The maximum Gasteiger partial charge on any atom is 0.250 e. The number of hydrogen-bond donors (Lipinski definition) is 1. The van der Waals surface area contributed by atoms with Gasteiger partial charge in [0, 0.05) is 53.5 Å². The number of carbonyl (C=O) groups is 1. The SMILES string of the molecule is CCCCCCS(=O)N[C@@H](C)c1cc(=O)n(C)cc1-c1cc(CS(=O)(=O)CC)ccc1C(=O)c1ccc(OC)c(F)c1. The molecule has 1 aromatic heterocycles. The van der Waals surface area contributed by atoms with E-state index >= 15 is 0 Å². The third kappa shape index (κ3) is 8.45. The van der Waals surface area contributed by atoms with Crippen molar-refractivity contribution in [1.29, 1.82) is 0 Å². The van der Waals surface area contributed by atoms with Gasteiger partial charge in [-0.2, -0.15) is 0 Å². The molecule has 2 atom stereocenters. The summed E-state index contributed by atoms with van der Waals surface area (Å²) >= 11 is 0. The number of rotatable bonds is 15. The zero-order valence-corrected chi connectivity index (χ0v) is 26.4. The molecule has 0 aliphatic carbocycles. The maximum atomic E-state index is 14.5. The Labute approximate surface area is 249 Å². The minimum absolute atomic E-state index is 0.00478. The summed E-state index contributed by atoms with van der Waals surface area (Å²) < 4.78 is 61.7. The van der Waals surface area contributed by atoms with E-state index in [0.29, 0.717) is 28.0 Å². The molecule has 1 N–H and O–H groups in total. The van der Waals surface area contributed by atoms with E-state index < -0.39 is 38.5 Å². The molecule has 3 aromatic rings. The number of benzene rings is 2. The Morgan fingerprint density at radius 2 is 1.81 bits per heavy atom. The van der Waals surface area contributed by atoms with Crippen LogP contribution in [0.4, 0.5) is 4.39 Å². The van der Waals surface area contributed by atoms with Gasteiger partial charge in [0.2, 0.25) is 0 Å². The van der Waals surface area contributed by atoms with Crippen molar-refractivity contribution in [2.75, 3.05) is 18.6 Å². The highest BCUT2D eigenvalue weighted by molar-refractivity contribution is 7.90. The van der Waals surface area contributed by atoms with Gasteiger partial charge < -0.3 is 9.30 Å². The van der Waals surface area contributed by atoms with Crippen molar-refractivity contribution in [3.05, 3.63) is 87.1 Å². The first-order valence-electron chi connectivity index (χ1n) is 14.0. The molecule has 3 rings (SSSR count). The van der Waals surface area contributed by atoms with Crippen LogP contribution < -0.4 is 15.0 Å². The number of unbranched alkanes of at least 4 members (excludes halogenated alkanes) is 3. The van der Waals surface area contributed by atoms with Gasteiger partial charge in [-0.25, -0.2) is 21.7 Å². The van der Waals surface area contributed by atoms with Crippen molar-refractivity contribution in [3.63, 3.8) is 0 Å². The maximum absolute atomic E-state index is 14.5. The summed E-state index contributed by atoms with van der Waals surface area (Å²) in [5.41, 5.74) is 1.82. The molecule has 1 unspecified atom stereocenters. The fraction of sp³-hybridized carbons (Fsp3) is 0.419. The number of hydrogen-bond acceptors (Lipinski definition) is 6. The first kappa shape index (κ1) is 33.4. The van der Waals surface area contributed by atoms with Gasteiger partial charge in [-0.05, 0) is 54.3 Å². The van der Waals surface area contributed by atoms with Crippen molar-refractivity contribution < 1.29 is 26.5 Å². The van der Waals surface area contributed by atoms with E-state index in [1.165, 1.54) is 35.9 Å². The second-order valence-corrected chi connectivity index (χ2v) is 14.0. The molecule has 0 bridgehead atoms. The van der Waals surface area contributed by atoms with Gasteiger partial charge in [0.25, 0.3) is 5.56 Å². The van der Waals surface area contributed by atoms with Crippen molar-refractivity contribution in [2.24, 2.45) is 7.05 Å². The van der Waals surface area contributed by atoms with E-state index in [1.807, 2.05) is 0 Å². The molecule has 0 fully saturated rings. The van der Waals surface area contributed by atoms with Crippen LogP contribution in [0.1, 0.15) is 79.5 Å². The first-order valence-corrected chi connectivity index (χ1v) is 17.1. The molecule has 11 heteroatoms. The monoisotopic (exact) mass is 618 g/mol. The Morgan fingerprint density at radius 3 is 2.45 bits per heavy atom. The summed E-state index contributed by atoms with van der Waals surface area (Å²) in [5, 5.41) is 0. The topological polar surface area (TPSA) is 112 Å². The molecule has 8 nitrogen and oxygen atoms in total. The number of aryl methyl sites for hydroxylation is 1. The second kappa shape index (κ2) is 14.8. The lowest BCUT2D eigenvalue weighted by Gasteiger charge is -2.21. The van der Waals surface area contributed by atoms with Gasteiger partial charge in [-0.1, -0.05) is 45.2 Å². The zero-order valence-electron chi connectivity index (χ0n) is 24.7. The fourth-order valence-corrected chi connectivity index (χ4v) is 6.63. The van der Waals surface area contributed by atoms with Gasteiger partial charge in [0.15, 0.2) is 27.2 Å². The van der Waals surface area contributed by atoms with E-state index in [9.17, 15) is 26.6 Å². The molecule has 0 spiro atoms. The number of methoxy groups -OCH3 is 1. The van der Waals surface area contributed by atoms with Gasteiger partial charge in [0.1, 0.15) is 0 Å². The number of nitrogens with zero attached hydrogens (tertiary/aromatic N) is 1. The highest BCUT2D eigenvalue weighted by Gasteiger charge is 2.23. The molecule has 0 amide bonds. The van der Waals surface area contributed by atoms with Crippen LogP contribution in [0.25, 0.3) is 11.1 Å². The average molecular weight is 619 g/mol. The molecule has 0 saturated carbocycles. The standard InChI is InChI=1S/C31H39FN2O6S2/c1-6-8-9-10-15-41(37)33-21(3)25-18-30(35)34(4)19-27(25)26-16-22(20-42(38,39)7-2)11-13-24(26)31(36)23-12-14-29(40-5)28(32)17-23/h11-14,16-19,21,33H,6-10,15,20H2,1-5H3/t21-,41?/m0/s1. The van der Waals surface area contributed by atoms with Gasteiger partial charge in [0.05, 0.1) is 23.8 Å². The highest BCUT2D eigenvalue weighted by Crippen LogP contribution is 2.33. The lowest BCUT2D eigenvalue weighted by molar-refractivity contribution is 0.103. The first-order chi connectivity index (χ1) is 19.9. The highest BCUT2D eigenvalue weighted by atomic mass is 32.2. The van der Waals surface area contributed by atoms with Crippen molar-refractivity contribution in [3.8, 4) is 16.9 Å². The van der Waals surface area contributed by atoms with E-state index in [0.717, 1.165) is 31.7 Å². The largest absolute Gasteiger partial charge is 0.494 e. The molecule has 228 valence electrons. The molecule has 42 heavy (non-hydrogen) atoms. The Kier molecular flexibility index (Phi) is 11.8. The lowest BCUT2D eigenvalue weighted by atomic mass is 9.89. The molecular formula is C31H39FN2O6S2. The summed E-state index contributed by atoms with van der Waals surface area (Å²) in [6.45, 7) is 5.45. The van der Waals surface area contributed by atoms with Crippen LogP contribution in [0.15, 0.2) is 53.5 Å². The zero-order chi connectivity index (χ0) is 31.0. The van der Waals surface area contributed by atoms with Crippen LogP contribution >= 0.6 is 0 Å². The minimum Gasteiger partial charge on any atom is -0.494 e. The Balaban J connectivity index is 2.16. The van der Waals surface area contributed by atoms with Crippen LogP contribution in [-0.4, -0.2) is 41.6 Å². The predicted octanol–water partition coefficient (Wildman–Crippen LogP) is 5.26. The van der Waals surface area contributed by atoms with Crippen LogP contribution in [0.3, 0.4) is 0 Å². The van der Waals surface area contributed by atoms with Crippen LogP contribution in [-0.2, 0) is 33.6 Å². The summed E-state index contributed by atoms with van der Waals surface area (Å²) in [4.78, 5) is 26.5. The molecule has 2 aromatic carbocycles. The summed E-state index contributed by atoms with van der Waals surface area (Å²) in [6, 6.07) is 9.52. The Hall–Kier alpha value is -3.15. The van der Waals surface area contributed by atoms with E-state index in [-0.39, 0.29) is 33.9 Å². The lowest BCUT2D eigenvalue weighted by Crippen LogP contribution is -2.26. The number of nitrogens with one attached hydrogen (secondary N) is 1. The van der Waals surface area contributed by atoms with Crippen LogP contribution in [0.2, 0.25) is 0 Å². The number of aromatic nitrogens is 1. The third-order valence-corrected chi connectivity index (χ3v) is 10.0. The second-order valence-electron chi connectivity index (χ2n) is 10.3. The predicted molar refractivity (Wildman–Crippen MR) is 165 cm³/mol. The van der Waals surface area contributed by atoms with E-state index in [1.54, 1.807) is 39.2 Å². The molecule has 0 aliphatic rings. The van der Waals surface area contributed by atoms with Gasteiger partial charge in [-0.3, -0.25) is 9.59 Å². The number of sulfone groups is 1. The Bertz CT molecular complexity index is 1620. The summed E-state index contributed by atoms with van der Waals surface area (Å²) in [7, 11) is -1.85. The van der Waals surface area contributed by atoms with Crippen LogP contribution in [0.5, 0.6) is 5.75 Å². The smallest absolute Gasteiger partial charge is 0.250 e. The van der Waals surface area contributed by atoms with Crippen molar-refractivity contribution in [1.82, 2.24) is 9.29 Å². The molecular weight excluding hydrogens is 579 g/mol. The molecule has 0 saturated heterocycles. The van der Waals surface area contributed by atoms with Crippen molar-refractivity contribution >= 4 is 26.6 Å². The van der Waals surface area contributed by atoms with E-state index in [4.69, 9.17) is 4.74 Å². The fourth-order valence-electron chi connectivity index (χ4n) is 4.63. The number of carbonyl (C=O) groups excluding carboxylic acids is 1. The molecule has 0 radical (unpaired) electrons. The average Bonchev–Trinajstić information content (AvgIpc) is 2.95. The number of pyridine rings is 1. The number of halogens is 1. The quantitative estimate of drug-likeness (QED) is 0.184. The van der Waals surface area contributed by atoms with Crippen LogP contribution in [0, 0.1) is 5.82 Å².